The van der Waals surface area contributed by atoms with Crippen LogP contribution in [0.4, 0.5) is 0 Å². The van der Waals surface area contributed by atoms with E-state index in [1.54, 1.807) is 0 Å². The molecule has 0 aromatic heterocycles. The first-order valence-corrected chi connectivity index (χ1v) is 48.6. The lowest BCUT2D eigenvalue weighted by molar-refractivity contribution is -0.161. The molecule has 107 heavy (non-hydrogen) atoms. The molecule has 636 valence electrons. The standard InChI is InChI=1S/C88H172O17P2/c1-6-9-12-15-18-21-24-26-28-30-31-32-33-34-35-39-44-49-54-59-64-69-74-88(93)105-84(78-99-86(91)72-67-62-57-52-47-42-40-36-37-41-46-50-55-60-65-70-81(4)5)80-103-107(96,97)101-76-82(89)75-100-106(94,95)102-79-83(77-98-85(90)71-66-61-56-51-45-23-20-17-14-11-8-3)104-87(92)73-68-63-58-53-48-43-38-29-27-25-22-19-16-13-10-7-2/h81-84,89H,6-80H2,1-5H3,(H,94,95)(H,96,97)/t82-,83+,84+/m0/s1. The van der Waals surface area contributed by atoms with Crippen molar-refractivity contribution in [3.63, 3.8) is 0 Å². The zero-order valence-corrected chi connectivity index (χ0v) is 72.1. The fourth-order valence-corrected chi connectivity index (χ4v) is 15.4. The van der Waals surface area contributed by atoms with Gasteiger partial charge < -0.3 is 33.8 Å². The van der Waals surface area contributed by atoms with Gasteiger partial charge in [0.2, 0.25) is 0 Å². The Morgan fingerprint density at radius 1 is 0.252 bits per heavy atom. The van der Waals surface area contributed by atoms with Gasteiger partial charge in [-0.1, -0.05) is 426 Å². The molecule has 5 atom stereocenters. The maximum atomic E-state index is 13.2. The third kappa shape index (κ3) is 81.9. The third-order valence-electron chi connectivity index (χ3n) is 20.8. The molecule has 0 bridgehead atoms. The van der Waals surface area contributed by atoms with Gasteiger partial charge in [-0.15, -0.1) is 0 Å². The number of hydrogen-bond acceptors (Lipinski definition) is 15. The average Bonchev–Trinajstić information content (AvgIpc) is 0.905. The van der Waals surface area contributed by atoms with Gasteiger partial charge in [0.15, 0.2) is 12.2 Å². The zero-order valence-electron chi connectivity index (χ0n) is 70.3. The van der Waals surface area contributed by atoms with Gasteiger partial charge in [-0.2, -0.15) is 0 Å². The second kappa shape index (κ2) is 80.7. The summed E-state index contributed by atoms with van der Waals surface area (Å²) in [5, 5.41) is 10.7. The summed E-state index contributed by atoms with van der Waals surface area (Å²) < 4.78 is 69.0. The molecule has 0 spiro atoms. The number of carbonyl (C=O) groups excluding carboxylic acids is 4. The second-order valence-corrected chi connectivity index (χ2v) is 35.0. The van der Waals surface area contributed by atoms with Crippen LogP contribution in [0.1, 0.15) is 478 Å². The predicted octanol–water partition coefficient (Wildman–Crippen LogP) is 27.2. The molecule has 0 aromatic carbocycles. The van der Waals surface area contributed by atoms with Crippen molar-refractivity contribution in [2.24, 2.45) is 5.92 Å². The number of aliphatic hydroxyl groups is 1. The van der Waals surface area contributed by atoms with Gasteiger partial charge in [0.1, 0.15) is 19.3 Å². The Morgan fingerprint density at radius 2 is 0.430 bits per heavy atom. The van der Waals surface area contributed by atoms with E-state index in [9.17, 15) is 43.2 Å². The van der Waals surface area contributed by atoms with Crippen LogP contribution in [-0.4, -0.2) is 96.7 Å². The predicted molar refractivity (Wildman–Crippen MR) is 442 cm³/mol. The molecule has 0 saturated carbocycles. The fourth-order valence-electron chi connectivity index (χ4n) is 13.8. The lowest BCUT2D eigenvalue weighted by atomic mass is 10.0. The number of unbranched alkanes of at least 4 members (excludes halogenated alkanes) is 60. The van der Waals surface area contributed by atoms with Crippen LogP contribution in [0.3, 0.4) is 0 Å². The summed E-state index contributed by atoms with van der Waals surface area (Å²) in [6.07, 6.45) is 75.0. The van der Waals surface area contributed by atoms with Gasteiger partial charge in [-0.05, 0) is 31.6 Å². The van der Waals surface area contributed by atoms with Crippen LogP contribution in [0.15, 0.2) is 0 Å². The molecule has 0 aliphatic carbocycles. The summed E-state index contributed by atoms with van der Waals surface area (Å²) in [6, 6.07) is 0. The maximum Gasteiger partial charge on any atom is 0.472 e. The Balaban J connectivity index is 5.23. The van der Waals surface area contributed by atoms with Crippen molar-refractivity contribution in [1.29, 1.82) is 0 Å². The van der Waals surface area contributed by atoms with Gasteiger partial charge >= 0.3 is 39.5 Å². The Morgan fingerprint density at radius 3 is 0.636 bits per heavy atom. The van der Waals surface area contributed by atoms with Crippen molar-refractivity contribution < 1.29 is 80.2 Å². The summed E-state index contributed by atoms with van der Waals surface area (Å²) in [4.78, 5) is 73.3. The summed E-state index contributed by atoms with van der Waals surface area (Å²) in [7, 11) is -9.93. The van der Waals surface area contributed by atoms with Crippen LogP contribution in [0.25, 0.3) is 0 Å². The number of phosphoric ester groups is 2. The maximum absolute atomic E-state index is 13.2. The Hall–Kier alpha value is -1.94. The van der Waals surface area contributed by atoms with Gasteiger partial charge in [0.25, 0.3) is 0 Å². The van der Waals surface area contributed by atoms with E-state index in [4.69, 9.17) is 37.0 Å². The lowest BCUT2D eigenvalue weighted by Crippen LogP contribution is -2.30. The summed E-state index contributed by atoms with van der Waals surface area (Å²) in [5.41, 5.74) is 0. The van der Waals surface area contributed by atoms with Crippen LogP contribution >= 0.6 is 15.6 Å². The minimum Gasteiger partial charge on any atom is -0.462 e. The van der Waals surface area contributed by atoms with Gasteiger partial charge in [-0.25, -0.2) is 9.13 Å². The summed E-state index contributed by atoms with van der Waals surface area (Å²) in [6.45, 7) is 7.40. The highest BCUT2D eigenvalue weighted by atomic mass is 31.2. The monoisotopic (exact) mass is 1560 g/mol. The molecule has 2 unspecified atom stereocenters. The van der Waals surface area contributed by atoms with Crippen molar-refractivity contribution in [2.75, 3.05) is 39.6 Å². The number of carbonyl (C=O) groups is 4. The summed E-state index contributed by atoms with van der Waals surface area (Å²) in [5.74, 6) is -1.29. The van der Waals surface area contributed by atoms with E-state index < -0.39 is 97.5 Å². The number of aliphatic hydroxyl groups excluding tert-OH is 1. The lowest BCUT2D eigenvalue weighted by Gasteiger charge is -2.21. The van der Waals surface area contributed by atoms with Crippen LogP contribution in [0, 0.1) is 5.92 Å². The van der Waals surface area contributed by atoms with Crippen LogP contribution in [-0.2, 0) is 65.4 Å². The highest BCUT2D eigenvalue weighted by Crippen LogP contribution is 2.45. The molecule has 17 nitrogen and oxygen atoms in total. The molecule has 0 aliphatic heterocycles. The van der Waals surface area contributed by atoms with E-state index in [0.29, 0.717) is 25.7 Å². The zero-order chi connectivity index (χ0) is 78.3. The molecule has 0 amide bonds. The molecule has 0 aromatic rings. The first-order chi connectivity index (χ1) is 52.0. The van der Waals surface area contributed by atoms with Gasteiger partial charge in [-0.3, -0.25) is 37.3 Å². The van der Waals surface area contributed by atoms with E-state index in [-0.39, 0.29) is 25.7 Å². The van der Waals surface area contributed by atoms with Crippen molar-refractivity contribution in [3.8, 4) is 0 Å². The quantitative estimate of drug-likeness (QED) is 0.0222. The van der Waals surface area contributed by atoms with E-state index in [1.165, 1.54) is 302 Å². The minimum absolute atomic E-state index is 0.109. The first kappa shape index (κ1) is 105. The largest absolute Gasteiger partial charge is 0.472 e. The minimum atomic E-state index is -4.97. The number of esters is 4. The number of phosphoric acid groups is 2. The molecule has 0 aliphatic rings. The SMILES string of the molecule is CCCCCCCCCCCCCCCCCCCCCCCCC(=O)O[C@H](COC(=O)CCCCCCCCCCCCCCCCCC(C)C)COP(=O)(O)OC[C@@H](O)COP(=O)(O)OC[C@@H](COC(=O)CCCCCCCCCCCCC)OC(=O)CCCCCCCCCCCCCCCCCC. The molecule has 0 rings (SSSR count). The topological polar surface area (TPSA) is 237 Å². The second-order valence-electron chi connectivity index (χ2n) is 32.1. The molecule has 0 radical (unpaired) electrons. The van der Waals surface area contributed by atoms with E-state index in [2.05, 4.69) is 34.6 Å². The van der Waals surface area contributed by atoms with E-state index in [1.807, 2.05) is 0 Å². The molecule has 0 saturated heterocycles. The number of ether oxygens (including phenoxy) is 4. The van der Waals surface area contributed by atoms with Crippen LogP contribution in [0.5, 0.6) is 0 Å². The molecule has 19 heteroatoms. The van der Waals surface area contributed by atoms with Crippen molar-refractivity contribution in [1.82, 2.24) is 0 Å². The smallest absolute Gasteiger partial charge is 0.462 e. The highest BCUT2D eigenvalue weighted by molar-refractivity contribution is 7.47. The van der Waals surface area contributed by atoms with Crippen LogP contribution < -0.4 is 0 Å². The Bertz CT molecular complexity index is 2030. The van der Waals surface area contributed by atoms with Crippen molar-refractivity contribution in [2.45, 2.75) is 496 Å². The van der Waals surface area contributed by atoms with E-state index in [0.717, 1.165) is 95.8 Å². The van der Waals surface area contributed by atoms with E-state index >= 15 is 0 Å². The third-order valence-corrected chi connectivity index (χ3v) is 22.7. The molecule has 3 N–H and O–H groups in total. The molecular weight excluding hydrogens is 1390 g/mol. The van der Waals surface area contributed by atoms with Crippen molar-refractivity contribution in [3.05, 3.63) is 0 Å². The van der Waals surface area contributed by atoms with Gasteiger partial charge in [0.05, 0.1) is 26.4 Å². The van der Waals surface area contributed by atoms with Crippen molar-refractivity contribution >= 4 is 39.5 Å². The fraction of sp³-hybridized carbons (Fsp3) is 0.955. The Kier molecular flexibility index (Phi) is 79.2. The highest BCUT2D eigenvalue weighted by Gasteiger charge is 2.30. The van der Waals surface area contributed by atoms with Crippen LogP contribution in [0.2, 0.25) is 0 Å². The molecule has 0 fully saturated rings. The van der Waals surface area contributed by atoms with Gasteiger partial charge in [0, 0.05) is 25.7 Å². The molecule has 0 heterocycles. The average molecular weight is 1560 g/mol. The number of hydrogen-bond donors (Lipinski definition) is 3. The summed E-state index contributed by atoms with van der Waals surface area (Å²) >= 11 is 0. The number of rotatable bonds is 88. The normalized spacial score (nSPS) is 13.7. The first-order valence-electron chi connectivity index (χ1n) is 45.6. The molecular formula is C88H172O17P2. The Labute approximate surface area is 658 Å².